The highest BCUT2D eigenvalue weighted by molar-refractivity contribution is 9.11. The molecule has 452 valence electrons. The third-order valence-electron chi connectivity index (χ3n) is 13.1. The number of pyridine rings is 4. The van der Waals surface area contributed by atoms with Crippen molar-refractivity contribution in [3.05, 3.63) is 198 Å². The molecule has 8 aromatic heterocycles. The molecule has 12 rings (SSSR count). The summed E-state index contributed by atoms with van der Waals surface area (Å²) in [5, 5.41) is 27.7. The van der Waals surface area contributed by atoms with Crippen molar-refractivity contribution >= 4 is 131 Å². The number of rotatable bonds is 8. The van der Waals surface area contributed by atoms with E-state index in [-0.39, 0.29) is 0 Å². The topological polar surface area (TPSA) is 199 Å². The number of aromatic nitrogens is 12. The van der Waals surface area contributed by atoms with Crippen molar-refractivity contribution < 1.29 is 19.1 Å². The maximum atomic E-state index is 12.1. The van der Waals surface area contributed by atoms with Crippen LogP contribution in [0, 0.1) is 27.7 Å². The summed E-state index contributed by atoms with van der Waals surface area (Å²) in [6.45, 7) is 23.1. The number of carbonyl (C=O) groups is 2. The SMILES string of the molecule is CCc1cc(Br)cc2c1cnn2-c1cccc(C)n1.CCc1cc(Br)cc2nn(-c3cccc(C)n3)cc12.Cc1cccc(-n2cc3c(NC(=O)OC(C)(C)C)cc(Br)cc3n2)n1.Cc1cccc(-n2ncc3c(NC(=O)OC(C)(C)C)cc(Br)cc32)n1. The number of halogens is 4. The lowest BCUT2D eigenvalue weighted by Gasteiger charge is -2.20. The van der Waals surface area contributed by atoms with Crippen LogP contribution in [-0.2, 0) is 22.3 Å². The minimum Gasteiger partial charge on any atom is -0.444 e. The Balaban J connectivity index is 0.000000141. The van der Waals surface area contributed by atoms with E-state index in [9.17, 15) is 9.59 Å². The van der Waals surface area contributed by atoms with Gasteiger partial charge in [0.25, 0.3) is 0 Å². The molecule has 12 aromatic rings. The van der Waals surface area contributed by atoms with Crippen molar-refractivity contribution in [1.29, 1.82) is 0 Å². The van der Waals surface area contributed by atoms with Crippen LogP contribution in [0.4, 0.5) is 21.0 Å². The number of hydrogen-bond donors (Lipinski definition) is 2. The van der Waals surface area contributed by atoms with Gasteiger partial charge in [0.05, 0.1) is 45.8 Å². The second-order valence-electron chi connectivity index (χ2n) is 22.5. The van der Waals surface area contributed by atoms with E-state index in [0.29, 0.717) is 11.4 Å². The fourth-order valence-corrected chi connectivity index (χ4v) is 11.2. The Bertz CT molecular complexity index is 4470. The lowest BCUT2D eigenvalue weighted by atomic mass is 10.1. The first kappa shape index (κ1) is 64.3. The molecule has 0 radical (unpaired) electrons. The molecule has 0 aliphatic heterocycles. The van der Waals surface area contributed by atoms with Crippen LogP contribution in [0.5, 0.6) is 0 Å². The summed E-state index contributed by atoms with van der Waals surface area (Å²) in [6.07, 6.45) is 8.50. The van der Waals surface area contributed by atoms with Crippen LogP contribution in [0.1, 0.15) is 89.3 Å². The summed E-state index contributed by atoms with van der Waals surface area (Å²) < 4.78 is 21.6. The molecule has 22 heteroatoms. The highest BCUT2D eigenvalue weighted by Crippen LogP contribution is 2.33. The monoisotopic (exact) mass is 1430 g/mol. The molecule has 2 amide bonds. The molecule has 0 spiro atoms. The minimum atomic E-state index is -0.565. The van der Waals surface area contributed by atoms with Crippen molar-refractivity contribution in [3.8, 4) is 23.3 Å². The quantitative estimate of drug-likeness (QED) is 0.146. The number of amides is 2. The van der Waals surface area contributed by atoms with Gasteiger partial charge in [-0.2, -0.15) is 20.4 Å². The van der Waals surface area contributed by atoms with Gasteiger partial charge >= 0.3 is 12.2 Å². The number of nitrogens with one attached hydrogen (secondary N) is 2. The maximum absolute atomic E-state index is 12.1. The van der Waals surface area contributed by atoms with Crippen LogP contribution in [0.3, 0.4) is 0 Å². The third-order valence-corrected chi connectivity index (χ3v) is 14.9. The van der Waals surface area contributed by atoms with E-state index in [1.807, 2.05) is 194 Å². The number of anilines is 2. The van der Waals surface area contributed by atoms with Gasteiger partial charge < -0.3 is 9.47 Å². The van der Waals surface area contributed by atoms with E-state index in [2.05, 4.69) is 153 Å². The van der Waals surface area contributed by atoms with Crippen LogP contribution in [-0.4, -0.2) is 82.4 Å². The highest BCUT2D eigenvalue weighted by Gasteiger charge is 2.21. The molecule has 88 heavy (non-hydrogen) atoms. The predicted octanol–water partition coefficient (Wildman–Crippen LogP) is 17.8. The fraction of sp³-hybridized carbons (Fsp3) is 0.242. The van der Waals surface area contributed by atoms with E-state index in [1.54, 1.807) is 15.6 Å². The van der Waals surface area contributed by atoms with Gasteiger partial charge in [-0.15, -0.1) is 0 Å². The van der Waals surface area contributed by atoms with Gasteiger partial charge in [0.1, 0.15) is 11.2 Å². The van der Waals surface area contributed by atoms with Crippen molar-refractivity contribution in [1.82, 2.24) is 59.1 Å². The minimum absolute atomic E-state index is 0.506. The van der Waals surface area contributed by atoms with Gasteiger partial charge in [-0.25, -0.2) is 48.3 Å². The number of hydrogen-bond acceptors (Lipinski definition) is 12. The summed E-state index contributed by atoms with van der Waals surface area (Å²) in [7, 11) is 0. The molecule has 0 unspecified atom stereocenters. The Morgan fingerprint density at radius 2 is 0.807 bits per heavy atom. The van der Waals surface area contributed by atoms with E-state index >= 15 is 0 Å². The molecule has 0 saturated carbocycles. The lowest BCUT2D eigenvalue weighted by Crippen LogP contribution is -2.27. The van der Waals surface area contributed by atoms with Gasteiger partial charge in [-0.1, -0.05) is 102 Å². The van der Waals surface area contributed by atoms with Gasteiger partial charge in [0, 0.05) is 74.6 Å². The van der Waals surface area contributed by atoms with Gasteiger partial charge in [0.15, 0.2) is 23.3 Å². The first-order chi connectivity index (χ1) is 41.8. The molecule has 0 aliphatic rings. The summed E-state index contributed by atoms with van der Waals surface area (Å²) in [5.41, 5.74) is 10.2. The lowest BCUT2D eigenvalue weighted by molar-refractivity contribution is 0.0624. The van der Waals surface area contributed by atoms with Crippen LogP contribution in [0.25, 0.3) is 66.9 Å². The average Bonchev–Trinajstić information content (AvgIpc) is 2.96. The fourth-order valence-electron chi connectivity index (χ4n) is 9.32. The van der Waals surface area contributed by atoms with Crippen molar-refractivity contribution in [2.75, 3.05) is 10.6 Å². The first-order valence-corrected chi connectivity index (χ1v) is 31.4. The zero-order valence-corrected chi connectivity index (χ0v) is 57.1. The van der Waals surface area contributed by atoms with E-state index in [4.69, 9.17) is 9.47 Å². The smallest absolute Gasteiger partial charge is 0.412 e. The Morgan fingerprint density at radius 1 is 0.455 bits per heavy atom. The van der Waals surface area contributed by atoms with Crippen LogP contribution in [0.15, 0.2) is 164 Å². The van der Waals surface area contributed by atoms with Gasteiger partial charge in [-0.05, 0) is 190 Å². The van der Waals surface area contributed by atoms with E-state index < -0.39 is 23.4 Å². The van der Waals surface area contributed by atoms with E-state index in [0.717, 1.165) is 110 Å². The zero-order valence-electron chi connectivity index (χ0n) is 50.8. The zero-order chi connectivity index (χ0) is 63.2. The summed E-state index contributed by atoms with van der Waals surface area (Å²) in [5.74, 6) is 3.15. The number of carbonyl (C=O) groups excluding carboxylic acids is 2. The molecular weight excluding hydrogens is 1370 g/mol. The number of nitrogens with zero attached hydrogens (tertiary/aromatic N) is 12. The van der Waals surface area contributed by atoms with Crippen LogP contribution < -0.4 is 10.6 Å². The largest absolute Gasteiger partial charge is 0.444 e. The maximum Gasteiger partial charge on any atom is 0.412 e. The molecule has 0 fully saturated rings. The summed E-state index contributed by atoms with van der Waals surface area (Å²) in [4.78, 5) is 42.3. The normalized spacial score (nSPS) is 11.4. The Labute approximate surface area is 544 Å². The van der Waals surface area contributed by atoms with Crippen molar-refractivity contribution in [2.24, 2.45) is 0 Å². The number of fused-ring (bicyclic) bond motifs is 4. The molecular formula is C66H66Br4N14O4. The molecule has 18 nitrogen and oxygen atoms in total. The van der Waals surface area contributed by atoms with Crippen molar-refractivity contribution in [2.45, 2.75) is 107 Å². The molecule has 0 atom stereocenters. The Kier molecular flexibility index (Phi) is 20.1. The number of ether oxygens (including phenoxy) is 2. The Hall–Kier alpha value is -8.18. The van der Waals surface area contributed by atoms with Crippen molar-refractivity contribution in [3.63, 3.8) is 0 Å². The average molecular weight is 1440 g/mol. The second-order valence-corrected chi connectivity index (χ2v) is 26.2. The highest BCUT2D eigenvalue weighted by atomic mass is 79.9. The number of aryl methyl sites for hydroxylation is 6. The third kappa shape index (κ3) is 16.3. The number of benzene rings is 4. The van der Waals surface area contributed by atoms with E-state index in [1.165, 1.54) is 21.9 Å². The predicted molar refractivity (Wildman–Crippen MR) is 364 cm³/mol. The molecule has 4 aromatic carbocycles. The standard InChI is InChI=1S/2C18H19BrN4O2.2C15H14BrN3/c1-11-6-5-7-16(20-11)23-10-13-14(8-12(19)9-15(13)22-23)21-17(24)25-18(2,3)4;1-11-6-5-7-16(21-11)23-15-9-12(19)8-14(13(15)10-20-23)22-17(24)25-18(2,3)4;1-3-11-7-12(16)8-14-13(11)9-19(18-14)15-6-4-5-10(2)17-15;1-3-11-7-12(16)8-14-13(11)9-17-19(14)15-6-4-5-10(2)18-15/h5-10H,1-4H3,(H,21,24);5-10H,1-4H3,(H,22,24);2*4-9H,3H2,1-2H3. The summed E-state index contributed by atoms with van der Waals surface area (Å²) in [6, 6.07) is 39.3. The molecule has 0 bridgehead atoms. The molecule has 0 saturated heterocycles. The first-order valence-electron chi connectivity index (χ1n) is 28.3. The van der Waals surface area contributed by atoms with Gasteiger partial charge in [-0.3, -0.25) is 10.6 Å². The molecule has 0 aliphatic carbocycles. The van der Waals surface area contributed by atoms with Crippen LogP contribution >= 0.6 is 63.7 Å². The van der Waals surface area contributed by atoms with Gasteiger partial charge in [0.2, 0.25) is 0 Å². The summed E-state index contributed by atoms with van der Waals surface area (Å²) >= 11 is 14.0. The second kappa shape index (κ2) is 27.5. The molecule has 2 N–H and O–H groups in total. The Morgan fingerprint density at radius 3 is 1.25 bits per heavy atom. The molecule has 8 heterocycles. The van der Waals surface area contributed by atoms with Crippen LogP contribution in [0.2, 0.25) is 0 Å².